The van der Waals surface area contributed by atoms with Gasteiger partial charge in [-0.1, -0.05) is 60.7 Å². The molecule has 2 heteroatoms. The fraction of sp³-hybridized carbons (Fsp3) is 0.333. The summed E-state index contributed by atoms with van der Waals surface area (Å²) in [4.78, 5) is 0. The average molecular weight is 267 g/mol. The first-order valence-electron chi connectivity index (χ1n) is 7.31. The maximum absolute atomic E-state index is 6.14. The van der Waals surface area contributed by atoms with Crippen LogP contribution in [0, 0.1) is 0 Å². The lowest BCUT2D eigenvalue weighted by atomic mass is 9.83. The van der Waals surface area contributed by atoms with Gasteiger partial charge in [-0.25, -0.2) is 0 Å². The minimum absolute atomic E-state index is 0.170. The molecule has 1 aliphatic rings. The molecule has 2 nitrogen and oxygen atoms in total. The van der Waals surface area contributed by atoms with E-state index in [1.165, 1.54) is 11.1 Å². The molecule has 0 saturated carbocycles. The van der Waals surface area contributed by atoms with Crippen molar-refractivity contribution in [3.63, 3.8) is 0 Å². The molecule has 0 spiro atoms. The molecule has 1 heterocycles. The SMILES string of the molecule is N[C@H]1CCO[C@@H](C(c2ccccc2)c2ccccc2)C1. The summed E-state index contributed by atoms with van der Waals surface area (Å²) in [5.74, 6) is 0.267. The molecule has 104 valence electrons. The molecule has 2 N–H and O–H groups in total. The van der Waals surface area contributed by atoms with Crippen LogP contribution in [0.1, 0.15) is 29.9 Å². The van der Waals surface area contributed by atoms with Crippen LogP contribution in [-0.4, -0.2) is 18.8 Å². The highest BCUT2D eigenvalue weighted by Gasteiger charge is 2.30. The van der Waals surface area contributed by atoms with Gasteiger partial charge in [-0.05, 0) is 24.0 Å². The zero-order valence-corrected chi connectivity index (χ0v) is 11.6. The van der Waals surface area contributed by atoms with Gasteiger partial charge in [0.25, 0.3) is 0 Å². The maximum Gasteiger partial charge on any atom is 0.0698 e. The second-order valence-corrected chi connectivity index (χ2v) is 5.49. The van der Waals surface area contributed by atoms with Gasteiger partial charge < -0.3 is 10.5 Å². The van der Waals surface area contributed by atoms with Crippen LogP contribution in [0.3, 0.4) is 0 Å². The zero-order valence-electron chi connectivity index (χ0n) is 11.6. The molecule has 0 radical (unpaired) electrons. The van der Waals surface area contributed by atoms with E-state index in [4.69, 9.17) is 10.5 Å². The highest BCUT2D eigenvalue weighted by atomic mass is 16.5. The summed E-state index contributed by atoms with van der Waals surface area (Å²) < 4.78 is 6.04. The topological polar surface area (TPSA) is 35.2 Å². The first-order chi connectivity index (χ1) is 9.84. The summed E-state index contributed by atoms with van der Waals surface area (Å²) in [6, 6.07) is 21.5. The van der Waals surface area contributed by atoms with Crippen LogP contribution in [0.4, 0.5) is 0 Å². The summed E-state index contributed by atoms with van der Waals surface area (Å²) >= 11 is 0. The molecule has 20 heavy (non-hydrogen) atoms. The summed E-state index contributed by atoms with van der Waals surface area (Å²) in [6.45, 7) is 0.766. The lowest BCUT2D eigenvalue weighted by molar-refractivity contribution is -0.00140. The average Bonchev–Trinajstić information content (AvgIpc) is 2.50. The van der Waals surface area contributed by atoms with Crippen LogP contribution in [-0.2, 0) is 4.74 Å². The van der Waals surface area contributed by atoms with Gasteiger partial charge in [0.2, 0.25) is 0 Å². The monoisotopic (exact) mass is 267 g/mol. The zero-order chi connectivity index (χ0) is 13.8. The molecule has 0 unspecified atom stereocenters. The first kappa shape index (κ1) is 13.3. The molecule has 1 fully saturated rings. The number of hydrogen-bond donors (Lipinski definition) is 1. The quantitative estimate of drug-likeness (QED) is 0.926. The van der Waals surface area contributed by atoms with Gasteiger partial charge in [0.15, 0.2) is 0 Å². The minimum Gasteiger partial charge on any atom is -0.377 e. The lowest BCUT2D eigenvalue weighted by Crippen LogP contribution is -2.38. The van der Waals surface area contributed by atoms with Crippen molar-refractivity contribution in [2.24, 2.45) is 5.73 Å². The van der Waals surface area contributed by atoms with Crippen molar-refractivity contribution in [3.8, 4) is 0 Å². The molecule has 1 aliphatic heterocycles. The first-order valence-corrected chi connectivity index (χ1v) is 7.31. The van der Waals surface area contributed by atoms with E-state index in [9.17, 15) is 0 Å². The van der Waals surface area contributed by atoms with Crippen molar-refractivity contribution in [1.82, 2.24) is 0 Å². The van der Waals surface area contributed by atoms with E-state index in [1.807, 2.05) is 0 Å². The van der Waals surface area contributed by atoms with E-state index in [-0.39, 0.29) is 18.1 Å². The molecular weight excluding hydrogens is 246 g/mol. The van der Waals surface area contributed by atoms with Gasteiger partial charge in [-0.3, -0.25) is 0 Å². The molecule has 0 bridgehead atoms. The Morgan fingerprint density at radius 1 is 0.900 bits per heavy atom. The van der Waals surface area contributed by atoms with Crippen molar-refractivity contribution >= 4 is 0 Å². The van der Waals surface area contributed by atoms with Gasteiger partial charge in [-0.2, -0.15) is 0 Å². The van der Waals surface area contributed by atoms with E-state index in [0.717, 1.165) is 19.4 Å². The van der Waals surface area contributed by atoms with Crippen molar-refractivity contribution in [3.05, 3.63) is 71.8 Å². The predicted octanol–water partition coefficient (Wildman–Crippen LogP) is 3.32. The summed E-state index contributed by atoms with van der Waals surface area (Å²) in [7, 11) is 0. The lowest BCUT2D eigenvalue weighted by Gasteiger charge is -2.34. The van der Waals surface area contributed by atoms with Crippen LogP contribution >= 0.6 is 0 Å². The van der Waals surface area contributed by atoms with E-state index in [2.05, 4.69) is 60.7 Å². The largest absolute Gasteiger partial charge is 0.377 e. The third-order valence-electron chi connectivity index (χ3n) is 4.04. The summed E-state index contributed by atoms with van der Waals surface area (Å²) in [5, 5.41) is 0. The smallest absolute Gasteiger partial charge is 0.0698 e. The Morgan fingerprint density at radius 3 is 1.95 bits per heavy atom. The van der Waals surface area contributed by atoms with Crippen LogP contribution in [0.15, 0.2) is 60.7 Å². The van der Waals surface area contributed by atoms with Gasteiger partial charge >= 0.3 is 0 Å². The van der Waals surface area contributed by atoms with Crippen LogP contribution in [0.25, 0.3) is 0 Å². The van der Waals surface area contributed by atoms with E-state index < -0.39 is 0 Å². The third kappa shape index (κ3) is 2.92. The Labute approximate surface area is 120 Å². The third-order valence-corrected chi connectivity index (χ3v) is 4.04. The number of rotatable bonds is 3. The molecule has 1 saturated heterocycles. The molecule has 3 rings (SSSR count). The van der Waals surface area contributed by atoms with Crippen molar-refractivity contribution < 1.29 is 4.74 Å². The van der Waals surface area contributed by atoms with Crippen LogP contribution in [0.2, 0.25) is 0 Å². The number of hydrogen-bond acceptors (Lipinski definition) is 2. The fourth-order valence-electron chi connectivity index (χ4n) is 3.03. The molecule has 0 aliphatic carbocycles. The van der Waals surface area contributed by atoms with Gasteiger partial charge in [0, 0.05) is 18.6 Å². The Morgan fingerprint density at radius 2 is 1.45 bits per heavy atom. The highest BCUT2D eigenvalue weighted by molar-refractivity contribution is 5.34. The molecular formula is C18H21NO. The molecule has 2 aromatic rings. The fourth-order valence-corrected chi connectivity index (χ4v) is 3.03. The Kier molecular flexibility index (Phi) is 4.14. The molecule has 0 aromatic heterocycles. The van der Waals surface area contributed by atoms with E-state index >= 15 is 0 Å². The Balaban J connectivity index is 1.95. The normalized spacial score (nSPS) is 22.9. The highest BCUT2D eigenvalue weighted by Crippen LogP contribution is 2.33. The maximum atomic E-state index is 6.14. The molecule has 2 aromatic carbocycles. The Hall–Kier alpha value is -1.64. The van der Waals surface area contributed by atoms with Gasteiger partial charge in [-0.15, -0.1) is 0 Å². The number of ether oxygens (including phenoxy) is 1. The van der Waals surface area contributed by atoms with Crippen molar-refractivity contribution in [1.29, 1.82) is 0 Å². The predicted molar refractivity (Wildman–Crippen MR) is 81.7 cm³/mol. The van der Waals surface area contributed by atoms with Gasteiger partial charge in [0.1, 0.15) is 0 Å². The second kappa shape index (κ2) is 6.21. The van der Waals surface area contributed by atoms with Crippen LogP contribution in [0.5, 0.6) is 0 Å². The number of benzene rings is 2. The molecule has 0 amide bonds. The summed E-state index contributed by atoms with van der Waals surface area (Å²) in [6.07, 6.45) is 2.06. The Bertz CT molecular complexity index is 486. The van der Waals surface area contributed by atoms with E-state index in [1.54, 1.807) is 0 Å². The van der Waals surface area contributed by atoms with Crippen molar-refractivity contribution in [2.45, 2.75) is 30.9 Å². The summed E-state index contributed by atoms with van der Waals surface area (Å²) in [5.41, 5.74) is 8.75. The molecule has 2 atom stereocenters. The van der Waals surface area contributed by atoms with Crippen LogP contribution < -0.4 is 5.73 Å². The number of nitrogens with two attached hydrogens (primary N) is 1. The van der Waals surface area contributed by atoms with E-state index in [0.29, 0.717) is 0 Å². The standard InChI is InChI=1S/C18H21NO/c19-16-11-12-20-17(13-16)18(14-7-3-1-4-8-14)15-9-5-2-6-10-15/h1-10,16-18H,11-13,19H2/t16-,17+/m0/s1. The van der Waals surface area contributed by atoms with Crippen molar-refractivity contribution in [2.75, 3.05) is 6.61 Å². The minimum atomic E-state index is 0.170. The van der Waals surface area contributed by atoms with Gasteiger partial charge in [0.05, 0.1) is 6.10 Å². The second-order valence-electron chi connectivity index (χ2n) is 5.49.